The maximum atomic E-state index is 10.8. The van der Waals surface area contributed by atoms with Crippen LogP contribution in [0.5, 0.6) is 0 Å². The highest BCUT2D eigenvalue weighted by atomic mass is 16.5. The number of carbonyl (C=O) groups excluding carboxylic acids is 2. The van der Waals surface area contributed by atoms with Gasteiger partial charge in [-0.05, 0) is 13.3 Å². The van der Waals surface area contributed by atoms with E-state index in [9.17, 15) is 9.59 Å². The molecule has 0 N–H and O–H groups in total. The average Bonchev–Trinajstić information content (AvgIpc) is 2.04. The van der Waals surface area contributed by atoms with Crippen LogP contribution in [0.4, 0.5) is 4.79 Å². The molecule has 0 saturated carbocycles. The lowest BCUT2D eigenvalue weighted by atomic mass is 10.0. The zero-order chi connectivity index (χ0) is 9.56. The highest BCUT2D eigenvalue weighted by Gasteiger charge is 2.08. The number of ether oxygens (including phenoxy) is 1. The summed E-state index contributed by atoms with van der Waals surface area (Å²) in [6, 6.07) is 0. The summed E-state index contributed by atoms with van der Waals surface area (Å²) in [7, 11) is 1.24. The standard InChI is InChI=1S/C8H13NO3/c1-4-7(6(2)10)5-9-8(11)12-3/h5,7H,4H2,1-3H3/b9-5+. The largest absolute Gasteiger partial charge is 0.451 e. The van der Waals surface area contributed by atoms with Gasteiger partial charge in [-0.2, -0.15) is 4.99 Å². The molecule has 0 aliphatic rings. The molecule has 0 radical (unpaired) electrons. The Labute approximate surface area is 71.6 Å². The number of hydrogen-bond donors (Lipinski definition) is 0. The van der Waals surface area contributed by atoms with E-state index in [-0.39, 0.29) is 11.7 Å². The Hall–Kier alpha value is -1.19. The first-order valence-corrected chi connectivity index (χ1v) is 3.74. The van der Waals surface area contributed by atoms with Crippen molar-refractivity contribution in [3.63, 3.8) is 0 Å². The van der Waals surface area contributed by atoms with Gasteiger partial charge in [0.05, 0.1) is 13.0 Å². The molecule has 0 fully saturated rings. The summed E-state index contributed by atoms with van der Waals surface area (Å²) >= 11 is 0. The lowest BCUT2D eigenvalue weighted by Gasteiger charge is -2.01. The zero-order valence-electron chi connectivity index (χ0n) is 7.53. The molecule has 0 bridgehead atoms. The molecule has 4 heteroatoms. The van der Waals surface area contributed by atoms with E-state index < -0.39 is 6.09 Å². The van der Waals surface area contributed by atoms with Crippen LogP contribution in [0.2, 0.25) is 0 Å². The number of aliphatic imine (C=N–C) groups is 1. The van der Waals surface area contributed by atoms with Crippen LogP contribution in [0.1, 0.15) is 20.3 Å². The van der Waals surface area contributed by atoms with E-state index in [1.165, 1.54) is 20.2 Å². The van der Waals surface area contributed by atoms with E-state index in [0.717, 1.165) is 0 Å². The van der Waals surface area contributed by atoms with Crippen molar-refractivity contribution in [2.75, 3.05) is 7.11 Å². The summed E-state index contributed by atoms with van der Waals surface area (Å²) in [5.74, 6) is -0.269. The number of amides is 1. The Morgan fingerprint density at radius 2 is 2.17 bits per heavy atom. The summed E-state index contributed by atoms with van der Waals surface area (Å²) in [6.45, 7) is 3.33. The van der Waals surface area contributed by atoms with Gasteiger partial charge < -0.3 is 4.74 Å². The predicted octanol–water partition coefficient (Wildman–Crippen LogP) is 1.44. The van der Waals surface area contributed by atoms with Gasteiger partial charge in [0.25, 0.3) is 0 Å². The van der Waals surface area contributed by atoms with Gasteiger partial charge in [-0.1, -0.05) is 6.92 Å². The van der Waals surface area contributed by atoms with Crippen LogP contribution in [0.25, 0.3) is 0 Å². The van der Waals surface area contributed by atoms with Crippen LogP contribution in [0.15, 0.2) is 4.99 Å². The van der Waals surface area contributed by atoms with Gasteiger partial charge >= 0.3 is 6.09 Å². The minimum absolute atomic E-state index is 0.00477. The normalized spacial score (nSPS) is 12.9. The molecule has 1 unspecified atom stereocenters. The smallest absolute Gasteiger partial charge is 0.432 e. The van der Waals surface area contributed by atoms with Crippen LogP contribution in [-0.4, -0.2) is 25.2 Å². The SMILES string of the molecule is CCC(/C=N/C(=O)OC)C(C)=O. The van der Waals surface area contributed by atoms with Gasteiger partial charge in [0, 0.05) is 6.21 Å². The van der Waals surface area contributed by atoms with Crippen LogP contribution in [0.3, 0.4) is 0 Å². The molecule has 0 spiro atoms. The number of carbonyl (C=O) groups is 2. The Morgan fingerprint density at radius 3 is 2.50 bits per heavy atom. The number of Topliss-reactive ketones (excluding diaryl/α,β-unsaturated/α-hetero) is 1. The molecule has 0 rings (SSSR count). The third kappa shape index (κ3) is 3.85. The van der Waals surface area contributed by atoms with Crippen molar-refractivity contribution in [3.05, 3.63) is 0 Å². The Bertz CT molecular complexity index is 198. The highest BCUT2D eigenvalue weighted by molar-refractivity contribution is 5.96. The fourth-order valence-electron chi connectivity index (χ4n) is 0.701. The molecule has 0 saturated heterocycles. The number of hydrogen-bond acceptors (Lipinski definition) is 3. The van der Waals surface area contributed by atoms with Gasteiger partial charge in [-0.15, -0.1) is 0 Å². The Morgan fingerprint density at radius 1 is 1.58 bits per heavy atom. The fraction of sp³-hybridized carbons (Fsp3) is 0.625. The minimum atomic E-state index is -0.672. The molecule has 4 nitrogen and oxygen atoms in total. The maximum absolute atomic E-state index is 10.8. The van der Waals surface area contributed by atoms with Gasteiger partial charge in [-0.3, -0.25) is 4.79 Å². The summed E-state index contributed by atoms with van der Waals surface area (Å²) in [5, 5.41) is 0. The van der Waals surface area contributed by atoms with Gasteiger partial charge in [-0.25, -0.2) is 4.79 Å². The highest BCUT2D eigenvalue weighted by Crippen LogP contribution is 2.00. The van der Waals surface area contributed by atoms with Crippen molar-refractivity contribution >= 4 is 18.1 Å². The molecule has 0 aromatic heterocycles. The first-order chi connectivity index (χ1) is 5.61. The molecule has 68 valence electrons. The fourth-order valence-corrected chi connectivity index (χ4v) is 0.701. The van der Waals surface area contributed by atoms with Crippen LogP contribution in [0, 0.1) is 5.92 Å². The second kappa shape index (κ2) is 5.46. The molecule has 0 aliphatic carbocycles. The summed E-state index contributed by atoms with van der Waals surface area (Å²) in [4.78, 5) is 24.8. The second-order valence-electron chi connectivity index (χ2n) is 2.37. The Balaban J connectivity index is 4.10. The molecular weight excluding hydrogens is 158 g/mol. The van der Waals surface area contributed by atoms with E-state index in [4.69, 9.17) is 0 Å². The summed E-state index contributed by atoms with van der Waals surface area (Å²) < 4.78 is 4.28. The van der Waals surface area contributed by atoms with Gasteiger partial charge in [0.1, 0.15) is 5.78 Å². The topological polar surface area (TPSA) is 55.7 Å². The molecule has 0 aliphatic heterocycles. The van der Waals surface area contributed by atoms with E-state index in [1.807, 2.05) is 6.92 Å². The number of rotatable bonds is 3. The molecular formula is C8H13NO3. The monoisotopic (exact) mass is 171 g/mol. The zero-order valence-corrected chi connectivity index (χ0v) is 7.53. The number of nitrogens with zero attached hydrogens (tertiary/aromatic N) is 1. The van der Waals surface area contributed by atoms with Gasteiger partial charge in [0.2, 0.25) is 0 Å². The Kier molecular flexibility index (Phi) is 4.92. The quantitative estimate of drug-likeness (QED) is 0.604. The lowest BCUT2D eigenvalue weighted by Crippen LogP contribution is -2.12. The second-order valence-corrected chi connectivity index (χ2v) is 2.37. The van der Waals surface area contributed by atoms with E-state index in [2.05, 4.69) is 9.73 Å². The molecule has 12 heavy (non-hydrogen) atoms. The van der Waals surface area contributed by atoms with Crippen LogP contribution < -0.4 is 0 Å². The van der Waals surface area contributed by atoms with E-state index in [0.29, 0.717) is 6.42 Å². The first kappa shape index (κ1) is 10.8. The molecule has 0 aromatic rings. The van der Waals surface area contributed by atoms with Crippen molar-refractivity contribution in [1.29, 1.82) is 0 Å². The lowest BCUT2D eigenvalue weighted by molar-refractivity contribution is -0.118. The predicted molar refractivity (Wildman–Crippen MR) is 45.4 cm³/mol. The molecule has 1 atom stereocenters. The minimum Gasteiger partial charge on any atom is -0.451 e. The maximum Gasteiger partial charge on any atom is 0.432 e. The van der Waals surface area contributed by atoms with Crippen molar-refractivity contribution < 1.29 is 14.3 Å². The molecule has 1 amide bonds. The third-order valence-corrected chi connectivity index (χ3v) is 1.50. The molecule has 0 heterocycles. The summed E-state index contributed by atoms with van der Waals surface area (Å²) in [5.41, 5.74) is 0. The number of ketones is 1. The van der Waals surface area contributed by atoms with Crippen LogP contribution >= 0.6 is 0 Å². The van der Waals surface area contributed by atoms with Crippen molar-refractivity contribution in [3.8, 4) is 0 Å². The van der Waals surface area contributed by atoms with E-state index in [1.54, 1.807) is 0 Å². The molecule has 0 aromatic carbocycles. The van der Waals surface area contributed by atoms with Crippen molar-refractivity contribution in [2.45, 2.75) is 20.3 Å². The average molecular weight is 171 g/mol. The third-order valence-electron chi connectivity index (χ3n) is 1.50. The number of methoxy groups -OCH3 is 1. The summed E-state index contributed by atoms with van der Waals surface area (Å²) in [6.07, 6.45) is 1.30. The van der Waals surface area contributed by atoms with Crippen LogP contribution in [-0.2, 0) is 9.53 Å². The van der Waals surface area contributed by atoms with Gasteiger partial charge in [0.15, 0.2) is 0 Å². The van der Waals surface area contributed by atoms with Crippen molar-refractivity contribution in [2.24, 2.45) is 10.9 Å². The van der Waals surface area contributed by atoms with E-state index >= 15 is 0 Å². The first-order valence-electron chi connectivity index (χ1n) is 3.74. The van der Waals surface area contributed by atoms with Crippen molar-refractivity contribution in [1.82, 2.24) is 0 Å².